The molecule has 2 aromatic carbocycles. The Hall–Kier alpha value is -3.60. The third-order valence-electron chi connectivity index (χ3n) is 5.96. The second-order valence-electron chi connectivity index (χ2n) is 8.28. The van der Waals surface area contributed by atoms with E-state index in [1.807, 2.05) is 18.2 Å². The highest BCUT2D eigenvalue weighted by Crippen LogP contribution is 2.30. The number of nitrogens with one attached hydrogen (secondary N) is 2. The number of benzene rings is 2. The minimum Gasteiger partial charge on any atom is -0.369 e. The van der Waals surface area contributed by atoms with E-state index < -0.39 is 11.8 Å². The molecule has 0 unspecified atom stereocenters. The summed E-state index contributed by atoms with van der Waals surface area (Å²) in [6.45, 7) is 3.86. The largest absolute Gasteiger partial charge is 0.369 e. The molecule has 0 saturated carbocycles. The summed E-state index contributed by atoms with van der Waals surface area (Å²) in [6.07, 6.45) is 1.28. The van der Waals surface area contributed by atoms with Gasteiger partial charge in [0.1, 0.15) is 12.0 Å². The predicted octanol–water partition coefficient (Wildman–Crippen LogP) is 3.16. The van der Waals surface area contributed by atoms with E-state index in [9.17, 15) is 9.59 Å². The molecular formula is C23H22Cl2N8O2. The zero-order valence-electron chi connectivity index (χ0n) is 18.8. The van der Waals surface area contributed by atoms with Gasteiger partial charge in [-0.15, -0.1) is 0 Å². The lowest BCUT2D eigenvalue weighted by molar-refractivity contribution is 0.0970. The van der Waals surface area contributed by atoms with Crippen LogP contribution in [0, 0.1) is 0 Å². The van der Waals surface area contributed by atoms with Gasteiger partial charge in [0.25, 0.3) is 11.8 Å². The van der Waals surface area contributed by atoms with E-state index in [1.54, 1.807) is 18.2 Å². The lowest BCUT2D eigenvalue weighted by atomic mass is 10.2. The Kier molecular flexibility index (Phi) is 6.10. The molecule has 0 atom stereocenters. The van der Waals surface area contributed by atoms with Gasteiger partial charge in [0.15, 0.2) is 5.69 Å². The number of rotatable bonds is 5. The van der Waals surface area contributed by atoms with Gasteiger partial charge in [0, 0.05) is 31.9 Å². The first kappa shape index (κ1) is 23.2. The summed E-state index contributed by atoms with van der Waals surface area (Å²) in [5.41, 5.74) is 8.01. The molecule has 1 aliphatic rings. The van der Waals surface area contributed by atoms with Crippen LogP contribution in [0.5, 0.6) is 0 Å². The maximum Gasteiger partial charge on any atom is 0.277 e. The molecule has 35 heavy (non-hydrogen) atoms. The number of amides is 2. The number of para-hydroxylation sites is 1. The van der Waals surface area contributed by atoms with Crippen molar-refractivity contribution in [3.8, 4) is 5.69 Å². The monoisotopic (exact) mass is 512 g/mol. The van der Waals surface area contributed by atoms with Gasteiger partial charge in [-0.1, -0.05) is 29.3 Å². The number of fused-ring (bicyclic) bond motifs is 1. The van der Waals surface area contributed by atoms with Crippen LogP contribution in [0.2, 0.25) is 10.0 Å². The lowest BCUT2D eigenvalue weighted by Crippen LogP contribution is -2.44. The molecule has 2 amide bonds. The Balaban J connectivity index is 1.46. The number of aromatic amines is 1. The number of anilines is 2. The molecule has 0 bridgehead atoms. The number of hydrogen-bond acceptors (Lipinski definition) is 6. The van der Waals surface area contributed by atoms with Gasteiger partial charge in [-0.25, -0.2) is 9.97 Å². The second kappa shape index (κ2) is 9.21. The number of carbonyl (C=O) groups excluding carboxylic acids is 2. The smallest absolute Gasteiger partial charge is 0.277 e. The first-order chi connectivity index (χ1) is 16.8. The normalized spacial score (nSPS) is 14.4. The summed E-state index contributed by atoms with van der Waals surface area (Å²) < 4.78 is 1.34. The molecular weight excluding hydrogens is 491 g/mol. The van der Waals surface area contributed by atoms with Crippen molar-refractivity contribution in [2.75, 3.05) is 43.4 Å². The first-order valence-corrected chi connectivity index (χ1v) is 11.6. The van der Waals surface area contributed by atoms with Crippen molar-refractivity contribution in [3.63, 3.8) is 0 Å². The number of likely N-dealkylation sites (N-methyl/N-ethyl adjacent to an activating group) is 1. The summed E-state index contributed by atoms with van der Waals surface area (Å²) in [6, 6.07) is 10.8. The fraction of sp³-hybridized carbons (Fsp3) is 0.217. The number of hydrogen-bond donors (Lipinski definition) is 3. The van der Waals surface area contributed by atoms with Crippen LogP contribution < -0.4 is 16.0 Å². The number of primary amides is 1. The molecule has 12 heteroatoms. The zero-order valence-corrected chi connectivity index (χ0v) is 20.3. The molecule has 4 N–H and O–H groups in total. The van der Waals surface area contributed by atoms with Crippen LogP contribution in [0.4, 0.5) is 11.6 Å². The average molecular weight is 513 g/mol. The molecule has 0 radical (unpaired) electrons. The second-order valence-corrected chi connectivity index (χ2v) is 9.09. The van der Waals surface area contributed by atoms with Crippen molar-refractivity contribution in [3.05, 3.63) is 64.2 Å². The van der Waals surface area contributed by atoms with E-state index in [0.29, 0.717) is 11.2 Å². The Morgan fingerprint density at radius 1 is 1.09 bits per heavy atom. The molecule has 3 heterocycles. The van der Waals surface area contributed by atoms with Crippen molar-refractivity contribution < 1.29 is 9.59 Å². The van der Waals surface area contributed by atoms with Gasteiger partial charge < -0.3 is 20.5 Å². The van der Waals surface area contributed by atoms with Crippen LogP contribution in [0.1, 0.15) is 21.0 Å². The Morgan fingerprint density at radius 2 is 1.80 bits per heavy atom. The summed E-state index contributed by atoms with van der Waals surface area (Å²) in [5.74, 6) is -1.29. The quantitative estimate of drug-likeness (QED) is 0.377. The van der Waals surface area contributed by atoms with Crippen LogP contribution in [-0.4, -0.2) is 69.5 Å². The summed E-state index contributed by atoms with van der Waals surface area (Å²) in [7, 11) is 2.11. The van der Waals surface area contributed by atoms with E-state index in [0.717, 1.165) is 37.4 Å². The molecule has 5 rings (SSSR count). The molecule has 1 saturated heterocycles. The number of piperazine rings is 1. The fourth-order valence-corrected chi connectivity index (χ4v) is 4.70. The summed E-state index contributed by atoms with van der Waals surface area (Å²) in [4.78, 5) is 41.5. The van der Waals surface area contributed by atoms with Gasteiger partial charge in [-0.3, -0.25) is 19.5 Å². The number of halogens is 2. The van der Waals surface area contributed by atoms with Crippen molar-refractivity contribution in [1.29, 1.82) is 0 Å². The molecule has 0 aliphatic carbocycles. The average Bonchev–Trinajstić information content (AvgIpc) is 3.43. The lowest BCUT2D eigenvalue weighted by Gasteiger charge is -2.34. The number of carbonyl (C=O) groups is 2. The Morgan fingerprint density at radius 3 is 2.49 bits per heavy atom. The van der Waals surface area contributed by atoms with E-state index in [1.165, 1.54) is 10.9 Å². The van der Waals surface area contributed by atoms with Crippen LogP contribution in [-0.2, 0) is 0 Å². The number of nitrogens with two attached hydrogens (primary N) is 1. The van der Waals surface area contributed by atoms with Crippen LogP contribution in [0.3, 0.4) is 0 Å². The standard InChI is InChI=1S/C23H22Cl2N8O2/c1-31-7-9-32(10-8-31)13-5-6-16-17(11-13)29-23(28-16)30-22(35)20-18(21(26)34)27-12-33(20)19-14(24)3-2-4-15(19)25/h2-6,11-12H,7-10H2,1H3,(H2,26,34)(H2,28,29,30,35). The van der Waals surface area contributed by atoms with Gasteiger partial charge >= 0.3 is 0 Å². The Bertz CT molecular complexity index is 1420. The van der Waals surface area contributed by atoms with E-state index in [4.69, 9.17) is 28.9 Å². The highest BCUT2D eigenvalue weighted by Gasteiger charge is 2.26. The topological polar surface area (TPSA) is 125 Å². The summed E-state index contributed by atoms with van der Waals surface area (Å²) in [5, 5.41) is 3.26. The van der Waals surface area contributed by atoms with Gasteiger partial charge in [-0.05, 0) is 37.4 Å². The van der Waals surface area contributed by atoms with Crippen molar-refractivity contribution in [2.45, 2.75) is 0 Å². The molecule has 2 aromatic heterocycles. The van der Waals surface area contributed by atoms with Crippen LogP contribution >= 0.6 is 23.2 Å². The third-order valence-corrected chi connectivity index (χ3v) is 6.57. The van der Waals surface area contributed by atoms with E-state index >= 15 is 0 Å². The fourth-order valence-electron chi connectivity index (χ4n) is 4.12. The maximum absolute atomic E-state index is 13.3. The van der Waals surface area contributed by atoms with Crippen LogP contribution in [0.25, 0.3) is 16.7 Å². The predicted molar refractivity (Wildman–Crippen MR) is 136 cm³/mol. The van der Waals surface area contributed by atoms with Crippen molar-refractivity contribution in [1.82, 2.24) is 24.4 Å². The summed E-state index contributed by atoms with van der Waals surface area (Å²) >= 11 is 12.6. The SMILES string of the molecule is CN1CCN(c2ccc3nc(NC(=O)c4c(C(N)=O)ncn4-c4c(Cl)cccc4Cl)[nH]c3c2)CC1. The Labute approximate surface area is 210 Å². The zero-order chi connectivity index (χ0) is 24.7. The highest BCUT2D eigenvalue weighted by atomic mass is 35.5. The maximum atomic E-state index is 13.3. The highest BCUT2D eigenvalue weighted by molar-refractivity contribution is 6.37. The molecule has 10 nitrogen and oxygen atoms in total. The number of nitrogens with zero attached hydrogens (tertiary/aromatic N) is 5. The minimum atomic E-state index is -0.862. The molecule has 0 spiro atoms. The van der Waals surface area contributed by atoms with Crippen LogP contribution in [0.15, 0.2) is 42.7 Å². The van der Waals surface area contributed by atoms with Gasteiger partial charge in [-0.2, -0.15) is 0 Å². The van der Waals surface area contributed by atoms with E-state index in [2.05, 4.69) is 37.1 Å². The molecule has 4 aromatic rings. The van der Waals surface area contributed by atoms with E-state index in [-0.39, 0.29) is 27.4 Å². The molecule has 180 valence electrons. The first-order valence-electron chi connectivity index (χ1n) is 10.9. The minimum absolute atomic E-state index is 0.105. The molecule has 1 aliphatic heterocycles. The number of aromatic nitrogens is 4. The molecule has 1 fully saturated rings. The van der Waals surface area contributed by atoms with Gasteiger partial charge in [0.2, 0.25) is 5.95 Å². The third kappa shape index (κ3) is 4.43. The van der Waals surface area contributed by atoms with Crippen molar-refractivity contribution >= 4 is 57.7 Å². The number of imidazole rings is 2. The van der Waals surface area contributed by atoms with Crippen molar-refractivity contribution in [2.24, 2.45) is 5.73 Å². The number of H-pyrrole nitrogens is 1. The van der Waals surface area contributed by atoms with Gasteiger partial charge in [0.05, 0.1) is 26.8 Å².